The fourth-order valence-electron chi connectivity index (χ4n) is 2.07. The van der Waals surface area contributed by atoms with Gasteiger partial charge in [-0.2, -0.15) is 0 Å². The molecule has 0 saturated heterocycles. The van der Waals surface area contributed by atoms with Crippen LogP contribution < -0.4 is 16.0 Å². The van der Waals surface area contributed by atoms with Crippen molar-refractivity contribution < 1.29 is 13.3 Å². The van der Waals surface area contributed by atoms with E-state index in [0.717, 1.165) is 25.0 Å². The summed E-state index contributed by atoms with van der Waals surface area (Å²) in [7, 11) is -3.68. The summed E-state index contributed by atoms with van der Waals surface area (Å²) >= 11 is 0. The van der Waals surface area contributed by atoms with Gasteiger partial charge in [-0.1, -0.05) is 13.3 Å². The number of hydrogen-bond acceptors (Lipinski definition) is 6. The van der Waals surface area contributed by atoms with E-state index >= 15 is 0 Å². The van der Waals surface area contributed by atoms with Crippen LogP contribution in [0.25, 0.3) is 0 Å². The summed E-state index contributed by atoms with van der Waals surface area (Å²) in [5.41, 5.74) is 1.83. The Labute approximate surface area is 116 Å². The molecule has 4 N–H and O–H groups in total. The van der Waals surface area contributed by atoms with Crippen molar-refractivity contribution in [3.63, 3.8) is 0 Å². The number of nitrogens with one attached hydrogen (secondary N) is 2. The molecule has 0 aromatic heterocycles. The maximum atomic E-state index is 12.1. The molecular weight excluding hydrogens is 284 g/mol. The number of nitro benzene ring substituents is 1. The van der Waals surface area contributed by atoms with Gasteiger partial charge in [-0.3, -0.25) is 16.0 Å². The summed E-state index contributed by atoms with van der Waals surface area (Å²) in [4.78, 5) is 10.1. The Morgan fingerprint density at radius 2 is 2.20 bits per heavy atom. The van der Waals surface area contributed by atoms with Crippen LogP contribution in [0, 0.1) is 16.0 Å². The van der Waals surface area contributed by atoms with E-state index in [4.69, 9.17) is 5.84 Å². The number of nitro groups is 1. The van der Waals surface area contributed by atoms with Crippen molar-refractivity contribution in [3.05, 3.63) is 28.3 Å². The Bertz CT molecular complexity index is 631. The van der Waals surface area contributed by atoms with Gasteiger partial charge < -0.3 is 5.43 Å². The van der Waals surface area contributed by atoms with Crippen molar-refractivity contribution >= 4 is 21.4 Å². The number of hydrazine groups is 1. The van der Waals surface area contributed by atoms with Gasteiger partial charge in [0.2, 0.25) is 10.0 Å². The van der Waals surface area contributed by atoms with E-state index < -0.39 is 14.9 Å². The molecule has 2 unspecified atom stereocenters. The van der Waals surface area contributed by atoms with Gasteiger partial charge in [0.25, 0.3) is 5.69 Å². The van der Waals surface area contributed by atoms with E-state index in [-0.39, 0.29) is 22.3 Å². The lowest BCUT2D eigenvalue weighted by atomic mass is 10.3. The number of hydrogen-bond donors (Lipinski definition) is 3. The Kier molecular flexibility index (Phi) is 3.93. The summed E-state index contributed by atoms with van der Waals surface area (Å²) in [6.07, 6.45) is 1.74. The van der Waals surface area contributed by atoms with Gasteiger partial charge in [0, 0.05) is 12.1 Å². The molecule has 1 saturated carbocycles. The van der Waals surface area contributed by atoms with Crippen LogP contribution in [0.3, 0.4) is 0 Å². The van der Waals surface area contributed by atoms with Gasteiger partial charge in [0.15, 0.2) is 0 Å². The van der Waals surface area contributed by atoms with Crippen LogP contribution in [-0.2, 0) is 10.0 Å². The Morgan fingerprint density at radius 1 is 1.50 bits per heavy atom. The van der Waals surface area contributed by atoms with E-state index in [1.165, 1.54) is 6.07 Å². The van der Waals surface area contributed by atoms with Crippen molar-refractivity contribution in [1.82, 2.24) is 4.72 Å². The maximum Gasteiger partial charge on any atom is 0.293 e. The maximum absolute atomic E-state index is 12.1. The highest BCUT2D eigenvalue weighted by atomic mass is 32.2. The first-order valence-electron chi connectivity index (χ1n) is 6.16. The van der Waals surface area contributed by atoms with Crippen molar-refractivity contribution in [2.45, 2.75) is 30.7 Å². The van der Waals surface area contributed by atoms with Gasteiger partial charge in [0.05, 0.1) is 9.82 Å². The summed E-state index contributed by atoms with van der Waals surface area (Å²) in [5, 5.41) is 10.8. The molecule has 1 fully saturated rings. The molecule has 0 heterocycles. The normalized spacial score (nSPS) is 21.5. The monoisotopic (exact) mass is 300 g/mol. The molecule has 0 radical (unpaired) electrons. The van der Waals surface area contributed by atoms with Gasteiger partial charge in [-0.05, 0) is 24.5 Å². The molecule has 0 aliphatic heterocycles. The van der Waals surface area contributed by atoms with Crippen LogP contribution in [0.5, 0.6) is 0 Å². The Hall–Kier alpha value is -1.71. The molecule has 110 valence electrons. The molecule has 2 rings (SSSR count). The van der Waals surface area contributed by atoms with E-state index in [9.17, 15) is 18.5 Å². The second kappa shape index (κ2) is 5.35. The topological polar surface area (TPSA) is 127 Å². The summed E-state index contributed by atoms with van der Waals surface area (Å²) in [6, 6.07) is 3.43. The number of sulfonamides is 1. The second-order valence-corrected chi connectivity index (χ2v) is 6.43. The van der Waals surface area contributed by atoms with Crippen LogP contribution in [-0.4, -0.2) is 19.4 Å². The van der Waals surface area contributed by atoms with Crippen molar-refractivity contribution in [3.8, 4) is 0 Å². The van der Waals surface area contributed by atoms with Gasteiger partial charge >= 0.3 is 0 Å². The van der Waals surface area contributed by atoms with Crippen LogP contribution in [0.4, 0.5) is 11.4 Å². The summed E-state index contributed by atoms with van der Waals surface area (Å²) < 4.78 is 26.9. The SMILES string of the molecule is CCC1CC1NS(=O)(=O)c1ccc([N+](=O)[O-])c(NN)c1. The van der Waals surface area contributed by atoms with Crippen molar-refractivity contribution in [2.75, 3.05) is 5.43 Å². The molecular formula is C11H16N4O4S. The molecule has 1 aliphatic carbocycles. The first-order chi connectivity index (χ1) is 9.39. The van der Waals surface area contributed by atoms with Gasteiger partial charge in [-0.15, -0.1) is 0 Å². The number of rotatable bonds is 6. The molecule has 1 aromatic rings. The van der Waals surface area contributed by atoms with Crippen LogP contribution in [0.15, 0.2) is 23.1 Å². The lowest BCUT2D eigenvalue weighted by molar-refractivity contribution is -0.384. The highest BCUT2D eigenvalue weighted by Gasteiger charge is 2.38. The molecule has 20 heavy (non-hydrogen) atoms. The molecule has 1 aliphatic rings. The summed E-state index contributed by atoms with van der Waals surface area (Å²) in [6.45, 7) is 2.00. The lowest BCUT2D eigenvalue weighted by Crippen LogP contribution is -2.27. The number of nitrogens with two attached hydrogens (primary N) is 1. The molecule has 9 heteroatoms. The highest BCUT2D eigenvalue weighted by molar-refractivity contribution is 7.89. The first kappa shape index (κ1) is 14.7. The minimum absolute atomic E-state index is 0.0410. The van der Waals surface area contributed by atoms with Crippen LogP contribution in [0.1, 0.15) is 19.8 Å². The third-order valence-corrected chi connectivity index (χ3v) is 4.87. The average Bonchev–Trinajstić information content (AvgIpc) is 3.15. The molecule has 0 bridgehead atoms. The fourth-order valence-corrected chi connectivity index (χ4v) is 3.41. The summed E-state index contributed by atoms with van der Waals surface area (Å²) in [5.74, 6) is 5.56. The van der Waals surface area contributed by atoms with E-state index in [1.54, 1.807) is 0 Å². The minimum atomic E-state index is -3.68. The zero-order valence-electron chi connectivity index (χ0n) is 10.9. The van der Waals surface area contributed by atoms with E-state index in [0.29, 0.717) is 5.92 Å². The molecule has 1 aromatic carbocycles. The second-order valence-electron chi connectivity index (χ2n) is 4.71. The van der Waals surface area contributed by atoms with Crippen LogP contribution in [0.2, 0.25) is 0 Å². The Morgan fingerprint density at radius 3 is 2.70 bits per heavy atom. The standard InChI is InChI=1S/C11H16N4O4S/c1-2-7-5-9(7)14-20(18,19)8-3-4-11(15(16)17)10(6-8)13-12/h3-4,6-7,9,13-14H,2,5,12H2,1H3. The van der Waals surface area contributed by atoms with Gasteiger partial charge in [0.1, 0.15) is 5.69 Å². The first-order valence-corrected chi connectivity index (χ1v) is 7.64. The van der Waals surface area contributed by atoms with Gasteiger partial charge in [-0.25, -0.2) is 13.1 Å². The third-order valence-electron chi connectivity index (χ3n) is 3.38. The molecule has 8 nitrogen and oxygen atoms in total. The zero-order chi connectivity index (χ0) is 14.9. The number of anilines is 1. The molecule has 0 spiro atoms. The largest absolute Gasteiger partial charge is 0.318 e. The molecule has 0 amide bonds. The molecule has 2 atom stereocenters. The lowest BCUT2D eigenvalue weighted by Gasteiger charge is -2.08. The third kappa shape index (κ3) is 2.89. The van der Waals surface area contributed by atoms with E-state index in [1.807, 2.05) is 6.92 Å². The average molecular weight is 300 g/mol. The highest BCUT2D eigenvalue weighted by Crippen LogP contribution is 2.35. The smallest absolute Gasteiger partial charge is 0.293 e. The number of nitrogens with zero attached hydrogens (tertiary/aromatic N) is 1. The van der Waals surface area contributed by atoms with E-state index in [2.05, 4.69) is 10.1 Å². The predicted octanol–water partition coefficient (Wildman–Crippen LogP) is 0.957. The zero-order valence-corrected chi connectivity index (χ0v) is 11.7. The number of nitrogen functional groups attached to an aromatic ring is 1. The fraction of sp³-hybridized carbons (Fsp3) is 0.455. The Balaban J connectivity index is 2.26. The number of benzene rings is 1. The minimum Gasteiger partial charge on any atom is -0.318 e. The van der Waals surface area contributed by atoms with Crippen molar-refractivity contribution in [1.29, 1.82) is 0 Å². The van der Waals surface area contributed by atoms with Crippen LogP contribution >= 0.6 is 0 Å². The quantitative estimate of drug-likeness (QED) is 0.408. The predicted molar refractivity (Wildman–Crippen MR) is 73.4 cm³/mol. The van der Waals surface area contributed by atoms with Crippen molar-refractivity contribution in [2.24, 2.45) is 11.8 Å².